The fourth-order valence-electron chi connectivity index (χ4n) is 2.63. The van der Waals surface area contributed by atoms with Crippen molar-refractivity contribution < 1.29 is 9.47 Å². The van der Waals surface area contributed by atoms with Crippen LogP contribution in [0, 0.1) is 5.92 Å². The molecule has 0 spiro atoms. The number of morpholine rings is 1. The van der Waals surface area contributed by atoms with Crippen LogP contribution in [0.1, 0.15) is 31.4 Å². The van der Waals surface area contributed by atoms with Crippen LogP contribution in [0.15, 0.2) is 24.3 Å². The molecule has 1 saturated carbocycles. The summed E-state index contributed by atoms with van der Waals surface area (Å²) in [6.45, 7) is 4.60. The Balaban J connectivity index is 1.76. The Hall–Kier alpha value is -1.06. The fraction of sp³-hybridized carbons (Fsp3) is 0.600. The van der Waals surface area contributed by atoms with E-state index in [4.69, 9.17) is 9.47 Å². The van der Waals surface area contributed by atoms with Gasteiger partial charge in [-0.1, -0.05) is 18.2 Å². The maximum absolute atomic E-state index is 6.24. The highest BCUT2D eigenvalue weighted by molar-refractivity contribution is 5.35. The molecular formula is C15H21NO2. The van der Waals surface area contributed by atoms with Crippen LogP contribution < -0.4 is 10.1 Å². The van der Waals surface area contributed by atoms with E-state index in [1.54, 1.807) is 0 Å². The molecule has 0 bridgehead atoms. The normalized spacial score (nSPS) is 28.1. The van der Waals surface area contributed by atoms with E-state index in [0.29, 0.717) is 12.7 Å². The van der Waals surface area contributed by atoms with Crippen molar-refractivity contribution in [2.24, 2.45) is 5.92 Å². The van der Waals surface area contributed by atoms with Crippen molar-refractivity contribution in [2.75, 3.05) is 19.7 Å². The predicted octanol–water partition coefficient (Wildman–Crippen LogP) is 2.52. The molecule has 1 aromatic rings. The first-order valence-electron chi connectivity index (χ1n) is 6.96. The molecule has 3 nitrogen and oxygen atoms in total. The van der Waals surface area contributed by atoms with Gasteiger partial charge < -0.3 is 14.8 Å². The summed E-state index contributed by atoms with van der Waals surface area (Å²) in [5.74, 6) is 1.74. The quantitative estimate of drug-likeness (QED) is 0.887. The van der Waals surface area contributed by atoms with E-state index in [-0.39, 0.29) is 6.10 Å². The highest BCUT2D eigenvalue weighted by atomic mass is 16.5. The first-order valence-corrected chi connectivity index (χ1v) is 6.96. The van der Waals surface area contributed by atoms with Gasteiger partial charge in [-0.15, -0.1) is 0 Å². The van der Waals surface area contributed by atoms with Crippen LogP contribution >= 0.6 is 0 Å². The van der Waals surface area contributed by atoms with Crippen molar-refractivity contribution in [3.8, 4) is 5.75 Å². The minimum atomic E-state index is 0.132. The van der Waals surface area contributed by atoms with Gasteiger partial charge in [-0.2, -0.15) is 0 Å². The molecule has 3 rings (SSSR count). The average Bonchev–Trinajstić information content (AvgIpc) is 3.24. The number of benzene rings is 1. The van der Waals surface area contributed by atoms with Gasteiger partial charge >= 0.3 is 0 Å². The molecule has 1 N–H and O–H groups in total. The van der Waals surface area contributed by atoms with Gasteiger partial charge in [0.25, 0.3) is 0 Å². The molecule has 0 amide bonds. The van der Waals surface area contributed by atoms with Crippen molar-refractivity contribution in [1.82, 2.24) is 5.32 Å². The maximum atomic E-state index is 6.24. The fourth-order valence-corrected chi connectivity index (χ4v) is 2.63. The van der Waals surface area contributed by atoms with E-state index >= 15 is 0 Å². The number of nitrogens with one attached hydrogen (secondary N) is 1. The lowest BCUT2D eigenvalue weighted by Crippen LogP contribution is -2.41. The first-order chi connectivity index (χ1) is 8.88. The van der Waals surface area contributed by atoms with Gasteiger partial charge in [0, 0.05) is 18.7 Å². The second kappa shape index (κ2) is 5.29. The summed E-state index contributed by atoms with van der Waals surface area (Å²) in [5.41, 5.74) is 1.18. The minimum Gasteiger partial charge on any atom is -0.493 e. The molecule has 2 fully saturated rings. The average molecular weight is 247 g/mol. The van der Waals surface area contributed by atoms with E-state index < -0.39 is 0 Å². The molecular weight excluding hydrogens is 226 g/mol. The Bertz CT molecular complexity index is 403. The number of para-hydroxylation sites is 1. The molecule has 2 atom stereocenters. The Kier molecular flexibility index (Phi) is 3.52. The van der Waals surface area contributed by atoms with Gasteiger partial charge in [-0.25, -0.2) is 0 Å². The van der Waals surface area contributed by atoms with Crippen molar-refractivity contribution in [1.29, 1.82) is 0 Å². The SMILES string of the molecule is CCOc1ccccc1C1CNCC(C2CC2)O1. The van der Waals surface area contributed by atoms with Gasteiger partial charge in [-0.3, -0.25) is 0 Å². The molecule has 1 heterocycles. The molecule has 1 saturated heterocycles. The van der Waals surface area contributed by atoms with Gasteiger partial charge in [0.15, 0.2) is 0 Å². The zero-order chi connectivity index (χ0) is 12.4. The molecule has 0 aromatic heterocycles. The molecule has 1 aromatic carbocycles. The van der Waals surface area contributed by atoms with Crippen LogP contribution in [0.2, 0.25) is 0 Å². The highest BCUT2D eigenvalue weighted by Crippen LogP contribution is 2.39. The van der Waals surface area contributed by atoms with Crippen molar-refractivity contribution in [3.05, 3.63) is 29.8 Å². The predicted molar refractivity (Wildman–Crippen MR) is 70.8 cm³/mol. The summed E-state index contributed by atoms with van der Waals surface area (Å²) in [6.07, 6.45) is 3.17. The van der Waals surface area contributed by atoms with Gasteiger partial charge in [-0.05, 0) is 31.7 Å². The maximum Gasteiger partial charge on any atom is 0.125 e. The van der Waals surface area contributed by atoms with Crippen LogP contribution in [0.25, 0.3) is 0 Å². The van der Waals surface area contributed by atoms with Gasteiger partial charge in [0.1, 0.15) is 5.75 Å². The molecule has 0 radical (unpaired) electrons. The second-order valence-electron chi connectivity index (χ2n) is 5.13. The van der Waals surface area contributed by atoms with Crippen LogP contribution in [0.5, 0.6) is 5.75 Å². The van der Waals surface area contributed by atoms with E-state index in [9.17, 15) is 0 Å². The van der Waals surface area contributed by atoms with E-state index in [2.05, 4.69) is 17.4 Å². The molecule has 1 aliphatic carbocycles. The van der Waals surface area contributed by atoms with E-state index in [1.165, 1.54) is 18.4 Å². The first kappa shape index (κ1) is 12.0. The number of hydrogen-bond acceptors (Lipinski definition) is 3. The summed E-state index contributed by atoms with van der Waals surface area (Å²) in [6, 6.07) is 8.22. The molecule has 18 heavy (non-hydrogen) atoms. The lowest BCUT2D eigenvalue weighted by molar-refractivity contribution is -0.0503. The number of hydrogen-bond donors (Lipinski definition) is 1. The zero-order valence-electron chi connectivity index (χ0n) is 10.9. The molecule has 1 aliphatic heterocycles. The molecule has 2 aliphatic rings. The Labute approximate surface area is 108 Å². The van der Waals surface area contributed by atoms with Crippen molar-refractivity contribution >= 4 is 0 Å². The third kappa shape index (κ3) is 2.52. The van der Waals surface area contributed by atoms with Gasteiger partial charge in [0.2, 0.25) is 0 Å². The lowest BCUT2D eigenvalue weighted by Gasteiger charge is -2.32. The Morgan fingerprint density at radius 2 is 2.11 bits per heavy atom. The van der Waals surface area contributed by atoms with Crippen molar-refractivity contribution in [2.45, 2.75) is 32.0 Å². The topological polar surface area (TPSA) is 30.5 Å². The van der Waals surface area contributed by atoms with E-state index in [1.807, 2.05) is 19.1 Å². The van der Waals surface area contributed by atoms with Crippen LogP contribution in [0.3, 0.4) is 0 Å². The Morgan fingerprint density at radius 3 is 2.89 bits per heavy atom. The monoisotopic (exact) mass is 247 g/mol. The number of rotatable bonds is 4. The Morgan fingerprint density at radius 1 is 1.28 bits per heavy atom. The van der Waals surface area contributed by atoms with Gasteiger partial charge in [0.05, 0.1) is 18.8 Å². The second-order valence-corrected chi connectivity index (χ2v) is 5.13. The highest BCUT2D eigenvalue weighted by Gasteiger charge is 2.36. The summed E-state index contributed by atoms with van der Waals surface area (Å²) < 4.78 is 11.9. The minimum absolute atomic E-state index is 0.132. The van der Waals surface area contributed by atoms with Crippen molar-refractivity contribution in [3.63, 3.8) is 0 Å². The van der Waals surface area contributed by atoms with Crippen LogP contribution in [-0.2, 0) is 4.74 Å². The molecule has 3 heteroatoms. The summed E-state index contributed by atoms with van der Waals surface area (Å²) in [5, 5.41) is 3.49. The zero-order valence-corrected chi connectivity index (χ0v) is 10.9. The third-order valence-electron chi connectivity index (χ3n) is 3.73. The summed E-state index contributed by atoms with van der Waals surface area (Å²) in [7, 11) is 0. The van der Waals surface area contributed by atoms with Crippen LogP contribution in [0.4, 0.5) is 0 Å². The summed E-state index contributed by atoms with van der Waals surface area (Å²) in [4.78, 5) is 0. The molecule has 2 unspecified atom stereocenters. The van der Waals surface area contributed by atoms with Crippen LogP contribution in [-0.4, -0.2) is 25.8 Å². The van der Waals surface area contributed by atoms with E-state index in [0.717, 1.165) is 24.8 Å². The molecule has 98 valence electrons. The largest absolute Gasteiger partial charge is 0.493 e. The standard InChI is InChI=1S/C15H21NO2/c1-2-17-13-6-4-3-5-12(13)15-10-16-9-14(18-15)11-7-8-11/h3-6,11,14-16H,2,7-10H2,1H3. The smallest absolute Gasteiger partial charge is 0.125 e. The summed E-state index contributed by atoms with van der Waals surface area (Å²) >= 11 is 0. The third-order valence-corrected chi connectivity index (χ3v) is 3.73. The number of ether oxygens (including phenoxy) is 2. The lowest BCUT2D eigenvalue weighted by atomic mass is 10.1.